The van der Waals surface area contributed by atoms with Crippen LogP contribution >= 0.6 is 27.3 Å². The van der Waals surface area contributed by atoms with Crippen molar-refractivity contribution < 1.29 is 9.53 Å². The standard InChI is InChI=1S/C27H29BrN4O3S/c1-7-35-26(34)23-16(2)29-27-32(24(23)18-9-11-19(12-10-18)30(3)4)25(33)22(36-27)15-17-8-13-21(31(5)6)20(28)14-17/h8-15,24H,7H2,1-6H3. The number of halogens is 1. The van der Waals surface area contributed by atoms with E-state index in [4.69, 9.17) is 4.74 Å². The van der Waals surface area contributed by atoms with Gasteiger partial charge in [0.1, 0.15) is 0 Å². The van der Waals surface area contributed by atoms with Crippen LogP contribution < -0.4 is 24.7 Å². The number of esters is 1. The van der Waals surface area contributed by atoms with Crippen molar-refractivity contribution >= 4 is 50.7 Å². The Morgan fingerprint density at radius 3 is 2.42 bits per heavy atom. The highest BCUT2D eigenvalue weighted by Crippen LogP contribution is 2.32. The number of benzene rings is 2. The first-order chi connectivity index (χ1) is 17.1. The summed E-state index contributed by atoms with van der Waals surface area (Å²) >= 11 is 4.94. The zero-order valence-corrected chi connectivity index (χ0v) is 23.6. The van der Waals surface area contributed by atoms with E-state index in [0.717, 1.165) is 27.0 Å². The van der Waals surface area contributed by atoms with Gasteiger partial charge in [0.05, 0.1) is 34.1 Å². The fraction of sp³-hybridized carbons (Fsp3) is 0.296. The Hall–Kier alpha value is -3.17. The predicted octanol–water partition coefficient (Wildman–Crippen LogP) is 3.69. The third kappa shape index (κ3) is 4.90. The Bertz CT molecular complexity index is 1520. The molecule has 2 aromatic carbocycles. The molecule has 0 saturated heterocycles. The highest BCUT2D eigenvalue weighted by atomic mass is 79.9. The molecular formula is C27H29BrN4O3S. The molecular weight excluding hydrogens is 540 g/mol. The fourth-order valence-corrected chi connectivity index (χ4v) is 5.99. The van der Waals surface area contributed by atoms with Crippen LogP contribution in [0.4, 0.5) is 11.4 Å². The van der Waals surface area contributed by atoms with Gasteiger partial charge >= 0.3 is 5.97 Å². The maximum Gasteiger partial charge on any atom is 0.338 e. The number of ether oxygens (including phenoxy) is 1. The average molecular weight is 570 g/mol. The number of carbonyl (C=O) groups is 1. The molecule has 36 heavy (non-hydrogen) atoms. The number of allylic oxidation sites excluding steroid dienone is 1. The smallest absolute Gasteiger partial charge is 0.338 e. The molecule has 1 atom stereocenters. The lowest BCUT2D eigenvalue weighted by Gasteiger charge is -2.25. The second-order valence-electron chi connectivity index (χ2n) is 8.89. The molecule has 0 bridgehead atoms. The lowest BCUT2D eigenvalue weighted by atomic mass is 9.95. The molecule has 1 aromatic heterocycles. The molecule has 188 valence electrons. The summed E-state index contributed by atoms with van der Waals surface area (Å²) in [5.74, 6) is -0.460. The Morgan fingerprint density at radius 1 is 1.14 bits per heavy atom. The van der Waals surface area contributed by atoms with Gasteiger partial charge in [-0.3, -0.25) is 9.36 Å². The van der Waals surface area contributed by atoms with Crippen LogP contribution in [0.5, 0.6) is 0 Å². The van der Waals surface area contributed by atoms with Gasteiger partial charge in [-0.1, -0.05) is 29.5 Å². The fourth-order valence-electron chi connectivity index (χ4n) is 4.19. The van der Waals surface area contributed by atoms with E-state index in [-0.39, 0.29) is 12.2 Å². The number of hydrogen-bond donors (Lipinski definition) is 0. The Kier molecular flexibility index (Phi) is 7.51. The highest BCUT2D eigenvalue weighted by Gasteiger charge is 2.33. The van der Waals surface area contributed by atoms with E-state index in [0.29, 0.717) is 20.6 Å². The number of nitrogens with zero attached hydrogens (tertiary/aromatic N) is 4. The molecule has 1 aliphatic rings. The lowest BCUT2D eigenvalue weighted by molar-refractivity contribution is -0.139. The summed E-state index contributed by atoms with van der Waals surface area (Å²) in [4.78, 5) is 36.0. The summed E-state index contributed by atoms with van der Waals surface area (Å²) in [6, 6.07) is 13.2. The third-order valence-electron chi connectivity index (χ3n) is 5.99. The van der Waals surface area contributed by atoms with E-state index in [1.807, 2.05) is 86.5 Å². The van der Waals surface area contributed by atoms with Gasteiger partial charge in [-0.05, 0) is 71.2 Å². The summed E-state index contributed by atoms with van der Waals surface area (Å²) in [5.41, 5.74) is 4.53. The second-order valence-corrected chi connectivity index (χ2v) is 10.8. The maximum absolute atomic E-state index is 13.7. The minimum absolute atomic E-state index is 0.192. The van der Waals surface area contributed by atoms with Gasteiger partial charge in [0.2, 0.25) is 0 Å². The zero-order chi connectivity index (χ0) is 26.1. The van der Waals surface area contributed by atoms with Crippen molar-refractivity contribution in [2.24, 2.45) is 4.99 Å². The Morgan fingerprint density at radius 2 is 1.83 bits per heavy atom. The number of thiazole rings is 1. The van der Waals surface area contributed by atoms with Crippen molar-refractivity contribution in [3.05, 3.63) is 89.0 Å². The molecule has 3 aromatic rings. The van der Waals surface area contributed by atoms with Crippen LogP contribution in [0, 0.1) is 0 Å². The molecule has 0 amide bonds. The summed E-state index contributed by atoms with van der Waals surface area (Å²) in [5, 5.41) is 0. The minimum atomic E-state index is -0.624. The van der Waals surface area contributed by atoms with Gasteiger partial charge in [0, 0.05) is 38.4 Å². The summed E-state index contributed by atoms with van der Waals surface area (Å²) in [6.07, 6.45) is 1.86. The van der Waals surface area contributed by atoms with Crippen LogP contribution in [0.15, 0.2) is 68.0 Å². The molecule has 7 nitrogen and oxygen atoms in total. The van der Waals surface area contributed by atoms with Crippen molar-refractivity contribution in [3.8, 4) is 0 Å². The van der Waals surface area contributed by atoms with Crippen LogP contribution in [0.25, 0.3) is 6.08 Å². The number of aromatic nitrogens is 1. The van der Waals surface area contributed by atoms with Crippen molar-refractivity contribution in [3.63, 3.8) is 0 Å². The topological polar surface area (TPSA) is 67.1 Å². The van der Waals surface area contributed by atoms with Crippen molar-refractivity contribution in [2.45, 2.75) is 19.9 Å². The first kappa shape index (κ1) is 25.9. The SMILES string of the molecule is CCOC(=O)C1=C(C)N=c2sc(=Cc3ccc(N(C)C)c(Br)c3)c(=O)n2C1c1ccc(N(C)C)cc1. The normalized spacial score (nSPS) is 15.4. The Balaban J connectivity index is 1.90. The minimum Gasteiger partial charge on any atom is -0.463 e. The van der Waals surface area contributed by atoms with Gasteiger partial charge in [-0.2, -0.15) is 0 Å². The number of hydrogen-bond acceptors (Lipinski definition) is 7. The molecule has 0 saturated carbocycles. The quantitative estimate of drug-likeness (QED) is 0.424. The van der Waals surface area contributed by atoms with E-state index in [2.05, 4.69) is 20.9 Å². The molecule has 1 aliphatic heterocycles. The first-order valence-electron chi connectivity index (χ1n) is 11.6. The average Bonchev–Trinajstić information content (AvgIpc) is 3.12. The number of anilines is 2. The predicted molar refractivity (Wildman–Crippen MR) is 150 cm³/mol. The number of rotatable bonds is 6. The zero-order valence-electron chi connectivity index (χ0n) is 21.2. The summed E-state index contributed by atoms with van der Waals surface area (Å²) in [7, 11) is 7.89. The maximum atomic E-state index is 13.7. The van der Waals surface area contributed by atoms with E-state index in [1.165, 1.54) is 11.3 Å². The third-order valence-corrected chi connectivity index (χ3v) is 7.61. The van der Waals surface area contributed by atoms with Gasteiger partial charge in [0.25, 0.3) is 5.56 Å². The van der Waals surface area contributed by atoms with Crippen molar-refractivity contribution in [2.75, 3.05) is 44.6 Å². The number of carbonyl (C=O) groups excluding carboxylic acids is 1. The molecule has 0 aliphatic carbocycles. The molecule has 0 fully saturated rings. The van der Waals surface area contributed by atoms with Gasteiger partial charge in [-0.25, -0.2) is 9.79 Å². The van der Waals surface area contributed by atoms with Crippen molar-refractivity contribution in [1.29, 1.82) is 0 Å². The molecule has 2 heterocycles. The van der Waals surface area contributed by atoms with E-state index < -0.39 is 12.0 Å². The van der Waals surface area contributed by atoms with Crippen molar-refractivity contribution in [1.82, 2.24) is 4.57 Å². The largest absolute Gasteiger partial charge is 0.463 e. The molecule has 0 N–H and O–H groups in total. The van der Waals surface area contributed by atoms with Crippen LogP contribution in [-0.4, -0.2) is 45.3 Å². The lowest BCUT2D eigenvalue weighted by Crippen LogP contribution is -2.39. The van der Waals surface area contributed by atoms with E-state index in [9.17, 15) is 9.59 Å². The molecule has 9 heteroatoms. The number of fused-ring (bicyclic) bond motifs is 1. The van der Waals surface area contributed by atoms with Crippen LogP contribution in [0.1, 0.15) is 31.0 Å². The Labute approximate surface area is 222 Å². The highest BCUT2D eigenvalue weighted by molar-refractivity contribution is 9.10. The van der Waals surface area contributed by atoms with Gasteiger partial charge in [0.15, 0.2) is 4.80 Å². The van der Waals surface area contributed by atoms with E-state index >= 15 is 0 Å². The summed E-state index contributed by atoms with van der Waals surface area (Å²) < 4.78 is 8.47. The van der Waals surface area contributed by atoms with Gasteiger partial charge in [-0.15, -0.1) is 0 Å². The van der Waals surface area contributed by atoms with Crippen LogP contribution in [-0.2, 0) is 9.53 Å². The van der Waals surface area contributed by atoms with E-state index in [1.54, 1.807) is 18.4 Å². The molecule has 0 spiro atoms. The summed E-state index contributed by atoms with van der Waals surface area (Å²) in [6.45, 7) is 3.80. The monoisotopic (exact) mass is 568 g/mol. The molecule has 4 rings (SSSR count). The molecule has 0 radical (unpaired) electrons. The van der Waals surface area contributed by atoms with Crippen LogP contribution in [0.3, 0.4) is 0 Å². The first-order valence-corrected chi connectivity index (χ1v) is 13.2. The van der Waals surface area contributed by atoms with Gasteiger partial charge < -0.3 is 14.5 Å². The van der Waals surface area contributed by atoms with Crippen LogP contribution in [0.2, 0.25) is 0 Å². The molecule has 1 unspecified atom stereocenters. The second kappa shape index (κ2) is 10.4.